The molecule has 3 heteroatoms. The normalized spacial score (nSPS) is 13.6. The molecular formula is C14H24N2O. The van der Waals surface area contributed by atoms with Crippen LogP contribution in [0.5, 0.6) is 0 Å². The molecule has 0 saturated carbocycles. The molecule has 1 atom stereocenters. The van der Waals surface area contributed by atoms with Crippen molar-refractivity contribution < 1.29 is 4.74 Å². The van der Waals surface area contributed by atoms with Gasteiger partial charge in [0.15, 0.2) is 0 Å². The van der Waals surface area contributed by atoms with Crippen LogP contribution in [-0.4, -0.2) is 24.2 Å². The molecule has 2 N–H and O–H groups in total. The van der Waals surface area contributed by atoms with Crippen molar-refractivity contribution in [3.63, 3.8) is 0 Å². The Bertz CT molecular complexity index is 306. The lowest BCUT2D eigenvalue weighted by Crippen LogP contribution is -2.36. The van der Waals surface area contributed by atoms with Crippen molar-refractivity contribution in [2.24, 2.45) is 11.1 Å². The molecule has 0 spiro atoms. The Labute approximate surface area is 104 Å². The smallest absolute Gasteiger partial charge is 0.0745 e. The van der Waals surface area contributed by atoms with E-state index < -0.39 is 0 Å². The SMILES string of the molecule is CC(C)(C)C(CN)OCCCc1ccncc1. The lowest BCUT2D eigenvalue weighted by atomic mass is 9.89. The molecular weight excluding hydrogens is 212 g/mol. The van der Waals surface area contributed by atoms with Crippen molar-refractivity contribution in [3.05, 3.63) is 30.1 Å². The molecule has 1 aromatic rings. The Balaban J connectivity index is 2.24. The van der Waals surface area contributed by atoms with Crippen LogP contribution in [-0.2, 0) is 11.2 Å². The van der Waals surface area contributed by atoms with Crippen LogP contribution in [0.1, 0.15) is 32.8 Å². The minimum Gasteiger partial charge on any atom is -0.376 e. The van der Waals surface area contributed by atoms with Crippen LogP contribution < -0.4 is 5.73 Å². The Morgan fingerprint density at radius 2 is 1.94 bits per heavy atom. The van der Waals surface area contributed by atoms with Gasteiger partial charge in [-0.1, -0.05) is 20.8 Å². The third kappa shape index (κ3) is 5.29. The maximum absolute atomic E-state index is 5.84. The molecule has 1 unspecified atom stereocenters. The van der Waals surface area contributed by atoms with Gasteiger partial charge in [0.2, 0.25) is 0 Å². The van der Waals surface area contributed by atoms with E-state index in [9.17, 15) is 0 Å². The zero-order valence-corrected chi connectivity index (χ0v) is 11.1. The van der Waals surface area contributed by atoms with Gasteiger partial charge in [-0.15, -0.1) is 0 Å². The highest BCUT2D eigenvalue weighted by molar-refractivity contribution is 5.09. The van der Waals surface area contributed by atoms with Crippen molar-refractivity contribution in [3.8, 4) is 0 Å². The second kappa shape index (κ2) is 6.72. The highest BCUT2D eigenvalue weighted by atomic mass is 16.5. The summed E-state index contributed by atoms with van der Waals surface area (Å²) in [7, 11) is 0. The van der Waals surface area contributed by atoms with Gasteiger partial charge in [-0.25, -0.2) is 0 Å². The van der Waals surface area contributed by atoms with E-state index >= 15 is 0 Å². The largest absolute Gasteiger partial charge is 0.376 e. The van der Waals surface area contributed by atoms with Gasteiger partial charge in [-0.05, 0) is 36.0 Å². The third-order valence-corrected chi connectivity index (χ3v) is 2.86. The molecule has 0 amide bonds. The average Bonchev–Trinajstić information content (AvgIpc) is 2.28. The topological polar surface area (TPSA) is 48.1 Å². The van der Waals surface area contributed by atoms with Crippen molar-refractivity contribution in [2.45, 2.75) is 39.7 Å². The molecule has 1 aromatic heterocycles. The maximum atomic E-state index is 5.84. The Kier molecular flexibility index (Phi) is 5.59. The zero-order chi connectivity index (χ0) is 12.7. The van der Waals surface area contributed by atoms with Crippen LogP contribution >= 0.6 is 0 Å². The summed E-state index contributed by atoms with van der Waals surface area (Å²) < 4.78 is 5.84. The van der Waals surface area contributed by atoms with Crippen molar-refractivity contribution in [1.29, 1.82) is 0 Å². The van der Waals surface area contributed by atoms with E-state index in [0.717, 1.165) is 19.4 Å². The standard InChI is InChI=1S/C14H24N2O/c1-14(2,3)13(11-15)17-10-4-5-12-6-8-16-9-7-12/h6-9,13H,4-5,10-11,15H2,1-3H3. The number of hydrogen-bond acceptors (Lipinski definition) is 3. The van der Waals surface area contributed by atoms with E-state index in [1.807, 2.05) is 24.5 Å². The summed E-state index contributed by atoms with van der Waals surface area (Å²) >= 11 is 0. The molecule has 1 rings (SSSR count). The minimum absolute atomic E-state index is 0.116. The van der Waals surface area contributed by atoms with E-state index in [0.29, 0.717) is 6.54 Å². The van der Waals surface area contributed by atoms with E-state index in [1.165, 1.54) is 5.56 Å². The van der Waals surface area contributed by atoms with Gasteiger partial charge in [0.25, 0.3) is 0 Å². The molecule has 0 aromatic carbocycles. The van der Waals surface area contributed by atoms with Gasteiger partial charge < -0.3 is 10.5 Å². The molecule has 0 aliphatic rings. The molecule has 96 valence electrons. The molecule has 17 heavy (non-hydrogen) atoms. The quantitative estimate of drug-likeness (QED) is 0.772. The predicted octanol–water partition coefficient (Wildman–Crippen LogP) is 2.40. The fourth-order valence-electron chi connectivity index (χ4n) is 1.72. The Morgan fingerprint density at radius 1 is 1.29 bits per heavy atom. The number of ether oxygens (including phenoxy) is 1. The van der Waals surface area contributed by atoms with Gasteiger partial charge in [0.05, 0.1) is 6.10 Å². The number of pyridine rings is 1. The molecule has 3 nitrogen and oxygen atoms in total. The summed E-state index contributed by atoms with van der Waals surface area (Å²) in [5, 5.41) is 0. The first kappa shape index (κ1) is 14.1. The molecule has 0 radical (unpaired) electrons. The monoisotopic (exact) mass is 236 g/mol. The summed E-state index contributed by atoms with van der Waals surface area (Å²) in [5.41, 5.74) is 7.14. The van der Waals surface area contributed by atoms with Crippen molar-refractivity contribution in [1.82, 2.24) is 4.98 Å². The fourth-order valence-corrected chi connectivity index (χ4v) is 1.72. The lowest BCUT2D eigenvalue weighted by molar-refractivity contribution is -0.0121. The summed E-state index contributed by atoms with van der Waals surface area (Å²) in [6.07, 6.45) is 5.85. The Morgan fingerprint density at radius 3 is 2.47 bits per heavy atom. The van der Waals surface area contributed by atoms with Crippen LogP contribution in [0, 0.1) is 5.41 Å². The molecule has 0 saturated heterocycles. The highest BCUT2D eigenvalue weighted by Crippen LogP contribution is 2.21. The fraction of sp³-hybridized carbons (Fsp3) is 0.643. The molecule has 0 bridgehead atoms. The third-order valence-electron chi connectivity index (χ3n) is 2.86. The zero-order valence-electron chi connectivity index (χ0n) is 11.1. The first-order chi connectivity index (χ1) is 8.04. The summed E-state index contributed by atoms with van der Waals surface area (Å²) in [6.45, 7) is 7.83. The van der Waals surface area contributed by atoms with Gasteiger partial charge in [0, 0.05) is 25.5 Å². The van der Waals surface area contributed by atoms with Crippen LogP contribution in [0.3, 0.4) is 0 Å². The number of aryl methyl sites for hydroxylation is 1. The summed E-state index contributed by atoms with van der Waals surface area (Å²) in [6, 6.07) is 4.09. The molecule has 0 aliphatic heterocycles. The minimum atomic E-state index is 0.116. The number of nitrogens with zero attached hydrogens (tertiary/aromatic N) is 1. The molecule has 0 fully saturated rings. The Hall–Kier alpha value is -0.930. The number of aromatic nitrogens is 1. The lowest BCUT2D eigenvalue weighted by Gasteiger charge is -2.29. The number of hydrogen-bond donors (Lipinski definition) is 1. The van der Waals surface area contributed by atoms with E-state index in [2.05, 4.69) is 25.8 Å². The van der Waals surface area contributed by atoms with Gasteiger partial charge >= 0.3 is 0 Å². The summed E-state index contributed by atoms with van der Waals surface area (Å²) in [4.78, 5) is 4.00. The second-order valence-corrected chi connectivity index (χ2v) is 5.42. The predicted molar refractivity (Wildman–Crippen MR) is 70.8 cm³/mol. The first-order valence-electron chi connectivity index (χ1n) is 6.24. The maximum Gasteiger partial charge on any atom is 0.0745 e. The molecule has 1 heterocycles. The van der Waals surface area contributed by atoms with Gasteiger partial charge in [-0.2, -0.15) is 0 Å². The molecule has 0 aliphatic carbocycles. The van der Waals surface area contributed by atoms with Crippen LogP contribution in [0.4, 0.5) is 0 Å². The van der Waals surface area contributed by atoms with Crippen molar-refractivity contribution >= 4 is 0 Å². The average molecular weight is 236 g/mol. The highest BCUT2D eigenvalue weighted by Gasteiger charge is 2.23. The van der Waals surface area contributed by atoms with E-state index in [4.69, 9.17) is 10.5 Å². The van der Waals surface area contributed by atoms with E-state index in [1.54, 1.807) is 0 Å². The van der Waals surface area contributed by atoms with Crippen molar-refractivity contribution in [2.75, 3.05) is 13.2 Å². The second-order valence-electron chi connectivity index (χ2n) is 5.42. The van der Waals surface area contributed by atoms with Crippen LogP contribution in [0.25, 0.3) is 0 Å². The summed E-state index contributed by atoms with van der Waals surface area (Å²) in [5.74, 6) is 0. The number of nitrogens with two attached hydrogens (primary N) is 1. The van der Waals surface area contributed by atoms with Gasteiger partial charge in [0.1, 0.15) is 0 Å². The number of rotatable bonds is 6. The van der Waals surface area contributed by atoms with E-state index in [-0.39, 0.29) is 11.5 Å². The van der Waals surface area contributed by atoms with Crippen LogP contribution in [0.15, 0.2) is 24.5 Å². The van der Waals surface area contributed by atoms with Crippen LogP contribution in [0.2, 0.25) is 0 Å². The van der Waals surface area contributed by atoms with Gasteiger partial charge in [-0.3, -0.25) is 4.98 Å². The first-order valence-corrected chi connectivity index (χ1v) is 6.24.